The molecule has 0 saturated heterocycles. The van der Waals surface area contributed by atoms with Crippen LogP contribution in [-0.4, -0.2) is 16.0 Å². The van der Waals surface area contributed by atoms with Gasteiger partial charge >= 0.3 is 0 Å². The number of ketones is 1. The minimum Gasteiger partial charge on any atom is -0.299 e. The van der Waals surface area contributed by atoms with Crippen LogP contribution in [0.3, 0.4) is 0 Å². The van der Waals surface area contributed by atoms with Gasteiger partial charge in [0.05, 0.1) is 0 Å². The normalized spacial score (nSPS) is 11.9. The molecule has 0 aliphatic heterocycles. The van der Waals surface area contributed by atoms with E-state index in [4.69, 9.17) is 0 Å². The Morgan fingerprint density at radius 3 is 1.88 bits per heavy atom. The summed E-state index contributed by atoms with van der Waals surface area (Å²) in [7, 11) is 1.00. The van der Waals surface area contributed by atoms with Gasteiger partial charge in [0.2, 0.25) is 0 Å². The zero-order chi connectivity index (χ0) is 6.78. The molecule has 0 unspecified atom stereocenters. The predicted molar refractivity (Wildman–Crippen MR) is 39.2 cm³/mol. The topological polar surface area (TPSA) is 17.1 Å². The lowest BCUT2D eigenvalue weighted by Gasteiger charge is -2.13. The third-order valence-electron chi connectivity index (χ3n) is 1.16. The van der Waals surface area contributed by atoms with Crippen LogP contribution < -0.4 is 0 Å². The molecule has 48 valence electrons. The molecule has 0 spiro atoms. The van der Waals surface area contributed by atoms with E-state index in [-0.39, 0.29) is 5.41 Å². The number of Topliss-reactive ketones (excluding diaryl/α,β-unsaturated/α-hetero) is 1. The molecule has 0 radical (unpaired) electrons. The highest BCUT2D eigenvalue weighted by atomic mass is 28.1. The van der Waals surface area contributed by atoms with Crippen molar-refractivity contribution in [3.63, 3.8) is 0 Å². The number of hydrogen-bond acceptors (Lipinski definition) is 1. The van der Waals surface area contributed by atoms with Gasteiger partial charge in [-0.15, -0.1) is 0 Å². The van der Waals surface area contributed by atoms with Gasteiger partial charge in [-0.25, -0.2) is 0 Å². The van der Waals surface area contributed by atoms with Gasteiger partial charge < -0.3 is 0 Å². The Hall–Kier alpha value is -0.113. The summed E-state index contributed by atoms with van der Waals surface area (Å²) in [6, 6.07) is 0.795. The van der Waals surface area contributed by atoms with Crippen LogP contribution in [0.1, 0.15) is 20.8 Å². The zero-order valence-corrected chi connectivity index (χ0v) is 8.12. The molecule has 0 aromatic carbocycles. The second-order valence-electron chi connectivity index (χ2n) is 3.03. The molecular weight excluding hydrogens is 116 g/mol. The predicted octanol–water partition coefficient (Wildman–Crippen LogP) is 0.385. The maximum absolute atomic E-state index is 10.9. The number of hydrogen-bond donors (Lipinski definition) is 0. The SMILES string of the molecule is CC(C)(C)C(=O)C[SiH3]. The van der Waals surface area contributed by atoms with E-state index in [0.717, 1.165) is 16.3 Å². The van der Waals surface area contributed by atoms with Crippen LogP contribution in [-0.2, 0) is 4.79 Å². The van der Waals surface area contributed by atoms with E-state index < -0.39 is 0 Å². The highest BCUT2D eigenvalue weighted by molar-refractivity contribution is 6.21. The minimum atomic E-state index is -0.0955. The summed E-state index contributed by atoms with van der Waals surface area (Å²) < 4.78 is 0. The van der Waals surface area contributed by atoms with Crippen molar-refractivity contribution < 1.29 is 4.79 Å². The van der Waals surface area contributed by atoms with Crippen LogP contribution in [0.5, 0.6) is 0 Å². The summed E-state index contributed by atoms with van der Waals surface area (Å²) in [5.74, 6) is 0.393. The molecule has 0 amide bonds. The summed E-state index contributed by atoms with van der Waals surface area (Å²) in [5.41, 5.74) is -0.0955. The van der Waals surface area contributed by atoms with Gasteiger partial charge in [0.15, 0.2) is 0 Å². The lowest BCUT2D eigenvalue weighted by Crippen LogP contribution is -2.18. The van der Waals surface area contributed by atoms with Crippen molar-refractivity contribution in [3.8, 4) is 0 Å². The zero-order valence-electron chi connectivity index (χ0n) is 6.12. The van der Waals surface area contributed by atoms with E-state index in [1.807, 2.05) is 20.8 Å². The molecule has 0 saturated carbocycles. The quantitative estimate of drug-likeness (QED) is 0.469. The maximum atomic E-state index is 10.9. The summed E-state index contributed by atoms with van der Waals surface area (Å²) in [6.07, 6.45) is 0. The van der Waals surface area contributed by atoms with Crippen molar-refractivity contribution in [2.45, 2.75) is 26.8 Å². The van der Waals surface area contributed by atoms with Crippen LogP contribution in [0.2, 0.25) is 6.04 Å². The Morgan fingerprint density at radius 2 is 1.88 bits per heavy atom. The molecule has 0 aliphatic carbocycles. The summed E-state index contributed by atoms with van der Waals surface area (Å²) in [5, 5.41) is 0. The first-order valence-corrected chi connectivity index (χ1v) is 4.43. The van der Waals surface area contributed by atoms with Crippen molar-refractivity contribution in [2.24, 2.45) is 5.41 Å². The second kappa shape index (κ2) is 2.44. The highest BCUT2D eigenvalue weighted by Crippen LogP contribution is 2.15. The Kier molecular flexibility index (Phi) is 2.41. The lowest BCUT2D eigenvalue weighted by molar-refractivity contribution is -0.123. The first-order chi connectivity index (χ1) is 3.48. The van der Waals surface area contributed by atoms with Gasteiger partial charge in [0.25, 0.3) is 0 Å². The monoisotopic (exact) mass is 130 g/mol. The van der Waals surface area contributed by atoms with Gasteiger partial charge in [-0.3, -0.25) is 4.79 Å². The summed E-state index contributed by atoms with van der Waals surface area (Å²) in [6.45, 7) is 5.90. The molecule has 0 N–H and O–H groups in total. The Balaban J connectivity index is 3.82. The van der Waals surface area contributed by atoms with Gasteiger partial charge in [-0.05, 0) is 6.04 Å². The van der Waals surface area contributed by atoms with Crippen LogP contribution >= 0.6 is 0 Å². The maximum Gasteiger partial charge on any atom is 0.134 e. The van der Waals surface area contributed by atoms with E-state index in [9.17, 15) is 4.79 Å². The molecule has 0 fully saturated rings. The van der Waals surface area contributed by atoms with Crippen LogP contribution in [0, 0.1) is 5.41 Å². The summed E-state index contributed by atoms with van der Waals surface area (Å²) >= 11 is 0. The molecule has 0 aromatic heterocycles. The molecule has 1 nitrogen and oxygen atoms in total. The second-order valence-corrected chi connectivity index (χ2v) is 3.73. The van der Waals surface area contributed by atoms with E-state index in [2.05, 4.69) is 0 Å². The van der Waals surface area contributed by atoms with Crippen molar-refractivity contribution in [2.75, 3.05) is 0 Å². The number of carbonyl (C=O) groups is 1. The van der Waals surface area contributed by atoms with Crippen molar-refractivity contribution in [1.29, 1.82) is 0 Å². The fourth-order valence-corrected chi connectivity index (χ4v) is 1.59. The van der Waals surface area contributed by atoms with Gasteiger partial charge in [-0.2, -0.15) is 0 Å². The molecule has 8 heavy (non-hydrogen) atoms. The fraction of sp³-hybridized carbons (Fsp3) is 0.833. The van der Waals surface area contributed by atoms with Crippen molar-refractivity contribution in [3.05, 3.63) is 0 Å². The first-order valence-electron chi connectivity index (χ1n) is 3.01. The standard InChI is InChI=1S/C6H14OSi/c1-6(2,3)5(7)4-8/h4H2,1-3,8H3. The highest BCUT2D eigenvalue weighted by Gasteiger charge is 2.17. The van der Waals surface area contributed by atoms with Crippen LogP contribution in [0.15, 0.2) is 0 Å². The third kappa shape index (κ3) is 2.26. The Labute approximate surface area is 53.9 Å². The van der Waals surface area contributed by atoms with Crippen molar-refractivity contribution in [1.82, 2.24) is 0 Å². The molecular formula is C6H14OSi. The molecule has 0 aliphatic rings. The van der Waals surface area contributed by atoms with E-state index >= 15 is 0 Å². The van der Waals surface area contributed by atoms with E-state index in [1.165, 1.54) is 0 Å². The molecule has 0 aromatic rings. The van der Waals surface area contributed by atoms with E-state index in [0.29, 0.717) is 5.78 Å². The molecule has 0 rings (SSSR count). The van der Waals surface area contributed by atoms with Gasteiger partial charge in [0, 0.05) is 15.7 Å². The van der Waals surface area contributed by atoms with Crippen molar-refractivity contribution >= 4 is 16.0 Å². The largest absolute Gasteiger partial charge is 0.299 e. The fourth-order valence-electron chi connectivity index (χ4n) is 0.530. The molecule has 0 atom stereocenters. The third-order valence-corrected chi connectivity index (χ3v) is 1.80. The summed E-state index contributed by atoms with van der Waals surface area (Å²) in [4.78, 5) is 10.9. The van der Waals surface area contributed by atoms with Gasteiger partial charge in [0.1, 0.15) is 5.78 Å². The van der Waals surface area contributed by atoms with Crippen LogP contribution in [0.4, 0.5) is 0 Å². The lowest BCUT2D eigenvalue weighted by atomic mass is 9.92. The average molecular weight is 130 g/mol. The Morgan fingerprint density at radius 1 is 1.50 bits per heavy atom. The van der Waals surface area contributed by atoms with Crippen LogP contribution in [0.25, 0.3) is 0 Å². The number of rotatable bonds is 1. The average Bonchev–Trinajstić information content (AvgIpc) is 1.62. The molecule has 0 heterocycles. The molecule has 0 bridgehead atoms. The van der Waals surface area contributed by atoms with Gasteiger partial charge in [-0.1, -0.05) is 20.8 Å². The smallest absolute Gasteiger partial charge is 0.134 e. The molecule has 2 heteroatoms. The minimum absolute atomic E-state index is 0.0955. The van der Waals surface area contributed by atoms with E-state index in [1.54, 1.807) is 0 Å². The first kappa shape index (κ1) is 7.89. The Bertz CT molecular complexity index is 91.2. The number of carbonyl (C=O) groups excluding carboxylic acids is 1.